The van der Waals surface area contributed by atoms with Gasteiger partial charge in [-0.15, -0.1) is 0 Å². The molecule has 0 aliphatic heterocycles. The lowest BCUT2D eigenvalue weighted by Gasteiger charge is -2.30. The van der Waals surface area contributed by atoms with Crippen LogP contribution in [0.5, 0.6) is 0 Å². The van der Waals surface area contributed by atoms with E-state index < -0.39 is 0 Å². The Morgan fingerprint density at radius 2 is 1.60 bits per heavy atom. The lowest BCUT2D eigenvalue weighted by atomic mass is 9.77. The first kappa shape index (κ1) is 18.0. The van der Waals surface area contributed by atoms with Gasteiger partial charge in [0.05, 0.1) is 0 Å². The van der Waals surface area contributed by atoms with Crippen LogP contribution in [0.2, 0.25) is 0 Å². The topological polar surface area (TPSA) is 17.8 Å². The van der Waals surface area contributed by atoms with Crippen molar-refractivity contribution >= 4 is 22.6 Å². The molecule has 1 unspecified atom stereocenters. The molecule has 1 atom stereocenters. The molecule has 3 heteroatoms. The molecule has 0 saturated carbocycles. The van der Waals surface area contributed by atoms with E-state index in [1.165, 1.54) is 63.5 Å². The number of unbranched alkanes of at least 4 members (excludes halogenated alkanes) is 5. The summed E-state index contributed by atoms with van der Waals surface area (Å²) < 4.78 is 3.23. The summed E-state index contributed by atoms with van der Waals surface area (Å²) in [5.74, 6) is 0. The van der Waals surface area contributed by atoms with Gasteiger partial charge in [-0.2, -0.15) is 5.10 Å². The van der Waals surface area contributed by atoms with Crippen LogP contribution in [0, 0.1) is 3.70 Å². The van der Waals surface area contributed by atoms with E-state index >= 15 is 0 Å². The molecule has 0 N–H and O–H groups in total. The van der Waals surface area contributed by atoms with Gasteiger partial charge in [-0.25, -0.2) is 0 Å². The van der Waals surface area contributed by atoms with Crippen LogP contribution in [0.4, 0.5) is 0 Å². The van der Waals surface area contributed by atoms with E-state index in [-0.39, 0.29) is 0 Å². The molecule has 2 nitrogen and oxygen atoms in total. The zero-order valence-electron chi connectivity index (χ0n) is 13.7. The van der Waals surface area contributed by atoms with E-state index in [9.17, 15) is 0 Å². The van der Waals surface area contributed by atoms with Crippen LogP contribution >= 0.6 is 22.6 Å². The molecule has 1 heterocycles. The van der Waals surface area contributed by atoms with Gasteiger partial charge in [-0.05, 0) is 41.5 Å². The van der Waals surface area contributed by atoms with E-state index in [0.717, 1.165) is 3.70 Å². The number of halogens is 1. The van der Waals surface area contributed by atoms with Gasteiger partial charge in [-0.3, -0.25) is 4.68 Å². The van der Waals surface area contributed by atoms with Crippen molar-refractivity contribution in [3.05, 3.63) is 15.5 Å². The number of nitrogens with zero attached hydrogens (tertiary/aromatic N) is 2. The Labute approximate surface area is 138 Å². The molecule has 0 saturated heterocycles. The summed E-state index contributed by atoms with van der Waals surface area (Å²) in [5.41, 5.74) is 1.73. The van der Waals surface area contributed by atoms with Crippen molar-refractivity contribution in [1.82, 2.24) is 9.78 Å². The highest BCUT2D eigenvalue weighted by molar-refractivity contribution is 14.1. The van der Waals surface area contributed by atoms with Gasteiger partial charge in [0.2, 0.25) is 0 Å². The third-order valence-electron chi connectivity index (χ3n) is 4.38. The molecule has 0 aliphatic carbocycles. The van der Waals surface area contributed by atoms with Crippen molar-refractivity contribution in [2.45, 2.75) is 84.0 Å². The molecule has 0 fully saturated rings. The minimum absolute atomic E-state index is 0.300. The predicted molar refractivity (Wildman–Crippen MR) is 96.2 cm³/mol. The van der Waals surface area contributed by atoms with Gasteiger partial charge in [-0.1, -0.05) is 65.7 Å². The number of hydrogen-bond donors (Lipinski definition) is 0. The molecule has 1 rings (SSSR count). The average Bonchev–Trinajstić information content (AvgIpc) is 2.75. The second kappa shape index (κ2) is 9.06. The fourth-order valence-corrected chi connectivity index (χ4v) is 3.70. The van der Waals surface area contributed by atoms with Crippen LogP contribution in [0.3, 0.4) is 0 Å². The Morgan fingerprint density at radius 1 is 1.05 bits per heavy atom. The monoisotopic (exact) mass is 390 g/mol. The van der Waals surface area contributed by atoms with Crippen LogP contribution < -0.4 is 0 Å². The standard InChI is InChI=1S/C17H31IN2/c1-5-7-9-11-13-17(3,12-10-8-6-2)15-14-16(18)19-20(15)4/h14H,5-13H2,1-4H3. The highest BCUT2D eigenvalue weighted by Crippen LogP contribution is 2.35. The number of aromatic nitrogens is 2. The Morgan fingerprint density at radius 3 is 2.10 bits per heavy atom. The Kier molecular flexibility index (Phi) is 8.15. The molecule has 0 aliphatic rings. The maximum atomic E-state index is 4.55. The van der Waals surface area contributed by atoms with Crippen molar-refractivity contribution in [3.8, 4) is 0 Å². The molecule has 0 amide bonds. The van der Waals surface area contributed by atoms with Crippen LogP contribution in [-0.4, -0.2) is 9.78 Å². The third kappa shape index (κ3) is 5.38. The molecule has 0 spiro atoms. The molecule has 20 heavy (non-hydrogen) atoms. The predicted octanol–water partition coefficient (Wildman–Crippen LogP) is 5.83. The highest BCUT2D eigenvalue weighted by atomic mass is 127. The smallest absolute Gasteiger partial charge is 0.123 e. The Hall–Kier alpha value is -0.0600. The molecular formula is C17H31IN2. The van der Waals surface area contributed by atoms with Gasteiger partial charge in [0, 0.05) is 18.2 Å². The van der Waals surface area contributed by atoms with Crippen LogP contribution in [0.1, 0.15) is 84.3 Å². The summed E-state index contributed by atoms with van der Waals surface area (Å²) in [6.45, 7) is 7.01. The van der Waals surface area contributed by atoms with E-state index in [1.54, 1.807) is 0 Å². The fourth-order valence-electron chi connectivity index (χ4n) is 3.09. The fraction of sp³-hybridized carbons (Fsp3) is 0.824. The Balaban J connectivity index is 2.74. The number of rotatable bonds is 10. The van der Waals surface area contributed by atoms with Gasteiger partial charge >= 0.3 is 0 Å². The zero-order valence-corrected chi connectivity index (χ0v) is 15.9. The van der Waals surface area contributed by atoms with Crippen molar-refractivity contribution in [3.63, 3.8) is 0 Å². The Bertz CT molecular complexity index is 386. The average molecular weight is 390 g/mol. The number of aryl methyl sites for hydroxylation is 1. The molecule has 1 aromatic rings. The molecule has 0 radical (unpaired) electrons. The first-order valence-corrected chi connectivity index (χ1v) is 9.31. The van der Waals surface area contributed by atoms with Gasteiger partial charge in [0.25, 0.3) is 0 Å². The summed E-state index contributed by atoms with van der Waals surface area (Å²) in [5, 5.41) is 4.55. The van der Waals surface area contributed by atoms with E-state index in [1.807, 2.05) is 0 Å². The van der Waals surface area contributed by atoms with Crippen molar-refractivity contribution in [1.29, 1.82) is 0 Å². The second-order valence-electron chi connectivity index (χ2n) is 6.30. The van der Waals surface area contributed by atoms with Crippen molar-refractivity contribution in [2.24, 2.45) is 7.05 Å². The van der Waals surface area contributed by atoms with Gasteiger partial charge in [0.1, 0.15) is 3.70 Å². The molecule has 1 aromatic heterocycles. The molecule has 0 bridgehead atoms. The molecule has 0 aromatic carbocycles. The minimum atomic E-state index is 0.300. The minimum Gasteiger partial charge on any atom is -0.271 e. The SMILES string of the molecule is CCCCCCC(C)(CCCCC)c1cc(I)nn1C. The van der Waals surface area contributed by atoms with Crippen molar-refractivity contribution in [2.75, 3.05) is 0 Å². The summed E-state index contributed by atoms with van der Waals surface area (Å²) in [4.78, 5) is 0. The van der Waals surface area contributed by atoms with E-state index in [4.69, 9.17) is 0 Å². The first-order chi connectivity index (χ1) is 9.53. The largest absolute Gasteiger partial charge is 0.271 e. The van der Waals surface area contributed by atoms with Gasteiger partial charge in [0.15, 0.2) is 0 Å². The lowest BCUT2D eigenvalue weighted by molar-refractivity contribution is 0.344. The van der Waals surface area contributed by atoms with E-state index in [0.29, 0.717) is 5.41 Å². The normalized spacial score (nSPS) is 14.4. The van der Waals surface area contributed by atoms with Crippen molar-refractivity contribution < 1.29 is 0 Å². The summed E-state index contributed by atoms with van der Waals surface area (Å²) in [7, 11) is 2.10. The second-order valence-corrected chi connectivity index (χ2v) is 7.41. The number of hydrogen-bond acceptors (Lipinski definition) is 1. The van der Waals surface area contributed by atoms with Crippen LogP contribution in [0.25, 0.3) is 0 Å². The lowest BCUT2D eigenvalue weighted by Crippen LogP contribution is -2.25. The zero-order chi connectivity index (χ0) is 15.0. The third-order valence-corrected chi connectivity index (χ3v) is 4.91. The molecular weight excluding hydrogens is 359 g/mol. The maximum Gasteiger partial charge on any atom is 0.123 e. The van der Waals surface area contributed by atoms with Gasteiger partial charge < -0.3 is 0 Å². The highest BCUT2D eigenvalue weighted by Gasteiger charge is 2.29. The van der Waals surface area contributed by atoms with E-state index in [2.05, 4.69) is 66.3 Å². The molecule has 116 valence electrons. The summed E-state index contributed by atoms with van der Waals surface area (Å²) >= 11 is 2.33. The summed E-state index contributed by atoms with van der Waals surface area (Å²) in [6, 6.07) is 2.28. The summed E-state index contributed by atoms with van der Waals surface area (Å²) in [6.07, 6.45) is 12.0. The maximum absolute atomic E-state index is 4.55. The van der Waals surface area contributed by atoms with Crippen LogP contribution in [0.15, 0.2) is 6.07 Å². The quantitative estimate of drug-likeness (QED) is 0.363. The van der Waals surface area contributed by atoms with Crippen LogP contribution in [-0.2, 0) is 12.5 Å². The first-order valence-electron chi connectivity index (χ1n) is 8.23.